The second-order valence-electron chi connectivity index (χ2n) is 21.1. The van der Waals surface area contributed by atoms with E-state index in [9.17, 15) is 14.7 Å². The predicted octanol–water partition coefficient (Wildman–Crippen LogP) is 21.4. The fourth-order valence-electron chi connectivity index (χ4n) is 9.42. The van der Waals surface area contributed by atoms with Gasteiger partial charge in [-0.15, -0.1) is 0 Å². The molecule has 414 valence electrons. The van der Waals surface area contributed by atoms with Crippen molar-refractivity contribution >= 4 is 11.9 Å². The molecule has 0 spiro atoms. The molecule has 71 heavy (non-hydrogen) atoms. The molecule has 0 fully saturated rings. The summed E-state index contributed by atoms with van der Waals surface area (Å²) in [5, 5.41) is 9.63. The Hall–Kier alpha value is -2.40. The Morgan fingerprint density at radius 3 is 0.901 bits per heavy atom. The summed E-state index contributed by atoms with van der Waals surface area (Å²) in [4.78, 5) is 24.5. The molecule has 0 aliphatic heterocycles. The zero-order chi connectivity index (χ0) is 51.3. The summed E-state index contributed by atoms with van der Waals surface area (Å²) in [5.74, 6) is -0.649. The molecular formula is C66H120O5. The van der Waals surface area contributed by atoms with Crippen LogP contribution in [-0.2, 0) is 19.1 Å². The van der Waals surface area contributed by atoms with E-state index in [1.54, 1.807) is 0 Å². The minimum absolute atomic E-state index is 0.0877. The van der Waals surface area contributed by atoms with Gasteiger partial charge in [-0.2, -0.15) is 0 Å². The van der Waals surface area contributed by atoms with Crippen LogP contribution in [0.1, 0.15) is 328 Å². The van der Waals surface area contributed by atoms with Crippen LogP contribution in [0.2, 0.25) is 0 Å². The van der Waals surface area contributed by atoms with E-state index in [2.05, 4.69) is 74.6 Å². The maximum Gasteiger partial charge on any atom is 0.306 e. The molecule has 0 aromatic heterocycles. The molecule has 0 rings (SSSR count). The topological polar surface area (TPSA) is 72.8 Å². The molecule has 1 atom stereocenters. The van der Waals surface area contributed by atoms with E-state index < -0.39 is 6.10 Å². The zero-order valence-corrected chi connectivity index (χ0v) is 47.5. The van der Waals surface area contributed by atoms with Gasteiger partial charge in [-0.1, -0.05) is 325 Å². The maximum absolute atomic E-state index is 12.2. The van der Waals surface area contributed by atoms with Gasteiger partial charge in [-0.25, -0.2) is 0 Å². The second kappa shape index (κ2) is 61.9. The summed E-state index contributed by atoms with van der Waals surface area (Å²) in [6, 6.07) is 0. The molecule has 0 heterocycles. The van der Waals surface area contributed by atoms with Crippen LogP contribution in [0.5, 0.6) is 0 Å². The van der Waals surface area contributed by atoms with Crippen LogP contribution in [-0.4, -0.2) is 36.4 Å². The largest absolute Gasteiger partial charge is 0.462 e. The highest BCUT2D eigenvalue weighted by Gasteiger charge is 2.16. The van der Waals surface area contributed by atoms with E-state index >= 15 is 0 Å². The van der Waals surface area contributed by atoms with E-state index in [-0.39, 0.29) is 31.6 Å². The van der Waals surface area contributed by atoms with Crippen LogP contribution in [0.15, 0.2) is 60.8 Å². The van der Waals surface area contributed by atoms with Gasteiger partial charge in [0.15, 0.2) is 6.10 Å². The molecule has 5 heteroatoms. The van der Waals surface area contributed by atoms with Gasteiger partial charge in [0.05, 0.1) is 6.61 Å². The number of allylic oxidation sites excluding steroid dienone is 10. The number of carbonyl (C=O) groups is 2. The normalized spacial score (nSPS) is 12.5. The Morgan fingerprint density at radius 1 is 0.338 bits per heavy atom. The van der Waals surface area contributed by atoms with Gasteiger partial charge in [0, 0.05) is 12.8 Å². The lowest BCUT2D eigenvalue weighted by Crippen LogP contribution is -2.28. The molecule has 5 nitrogen and oxygen atoms in total. The SMILES string of the molecule is CC/C=C\C/C=C\C/C=C\C/C=C\C/C=C\CCCC(=O)OC(CO)COC(=O)CCCCCCCCCCCCCCCCCCCCCCCCCCCCCCCCCCCCCCCCCC. The van der Waals surface area contributed by atoms with Crippen molar-refractivity contribution in [3.05, 3.63) is 60.8 Å². The molecule has 0 aromatic rings. The third-order valence-electron chi connectivity index (χ3n) is 14.1. The van der Waals surface area contributed by atoms with Gasteiger partial charge < -0.3 is 14.6 Å². The summed E-state index contributed by atoms with van der Waals surface area (Å²) in [6.45, 7) is 4.01. The fourth-order valence-corrected chi connectivity index (χ4v) is 9.42. The van der Waals surface area contributed by atoms with Gasteiger partial charge in [-0.05, 0) is 51.4 Å². The number of hydrogen-bond donors (Lipinski definition) is 1. The summed E-state index contributed by atoms with van der Waals surface area (Å²) in [7, 11) is 0. The number of aliphatic hydroxyl groups excluding tert-OH is 1. The van der Waals surface area contributed by atoms with Crippen LogP contribution in [0.4, 0.5) is 0 Å². The van der Waals surface area contributed by atoms with Gasteiger partial charge in [-0.3, -0.25) is 9.59 Å². The molecule has 1 N–H and O–H groups in total. The first kappa shape index (κ1) is 68.6. The Bertz CT molecular complexity index is 1210. The third kappa shape index (κ3) is 60.1. The number of hydrogen-bond acceptors (Lipinski definition) is 5. The van der Waals surface area contributed by atoms with Crippen LogP contribution in [0.25, 0.3) is 0 Å². The Labute approximate surface area is 442 Å². The highest BCUT2D eigenvalue weighted by atomic mass is 16.6. The molecule has 0 aliphatic rings. The van der Waals surface area contributed by atoms with E-state index in [4.69, 9.17) is 9.47 Å². The van der Waals surface area contributed by atoms with Crippen LogP contribution >= 0.6 is 0 Å². The maximum atomic E-state index is 12.2. The van der Waals surface area contributed by atoms with E-state index in [1.807, 2.05) is 0 Å². The van der Waals surface area contributed by atoms with E-state index in [1.165, 1.54) is 238 Å². The van der Waals surface area contributed by atoms with Gasteiger partial charge >= 0.3 is 11.9 Å². The van der Waals surface area contributed by atoms with E-state index in [0.29, 0.717) is 12.8 Å². The third-order valence-corrected chi connectivity index (χ3v) is 14.1. The Balaban J connectivity index is 3.39. The van der Waals surface area contributed by atoms with Crippen molar-refractivity contribution in [2.45, 2.75) is 335 Å². The number of ether oxygens (including phenoxy) is 2. The van der Waals surface area contributed by atoms with Crippen molar-refractivity contribution in [3.63, 3.8) is 0 Å². The Morgan fingerprint density at radius 2 is 0.606 bits per heavy atom. The smallest absolute Gasteiger partial charge is 0.306 e. The molecule has 0 amide bonds. The number of unbranched alkanes of at least 4 members (excludes halogenated alkanes) is 40. The first-order chi connectivity index (χ1) is 35.1. The lowest BCUT2D eigenvalue weighted by Gasteiger charge is -2.15. The number of carbonyl (C=O) groups excluding carboxylic acids is 2. The van der Waals surface area contributed by atoms with E-state index in [0.717, 1.165) is 57.8 Å². The van der Waals surface area contributed by atoms with Crippen molar-refractivity contribution in [1.82, 2.24) is 0 Å². The van der Waals surface area contributed by atoms with Crippen molar-refractivity contribution < 1.29 is 24.2 Å². The van der Waals surface area contributed by atoms with Gasteiger partial charge in [0.25, 0.3) is 0 Å². The molecule has 0 saturated heterocycles. The predicted molar refractivity (Wildman–Crippen MR) is 311 cm³/mol. The first-order valence-electron chi connectivity index (χ1n) is 31.3. The van der Waals surface area contributed by atoms with Crippen molar-refractivity contribution in [1.29, 1.82) is 0 Å². The fraction of sp³-hybridized carbons (Fsp3) is 0.818. The molecule has 1 unspecified atom stereocenters. The Kier molecular flexibility index (Phi) is 59.8. The minimum atomic E-state index is -0.803. The van der Waals surface area contributed by atoms with Crippen LogP contribution in [0, 0.1) is 0 Å². The second-order valence-corrected chi connectivity index (χ2v) is 21.1. The van der Waals surface area contributed by atoms with Crippen LogP contribution < -0.4 is 0 Å². The number of esters is 2. The lowest BCUT2D eigenvalue weighted by atomic mass is 10.0. The summed E-state index contributed by atoms with van der Waals surface area (Å²) in [6.07, 6.45) is 84.1. The molecule has 0 aromatic carbocycles. The lowest BCUT2D eigenvalue weighted by molar-refractivity contribution is -0.161. The van der Waals surface area contributed by atoms with Crippen molar-refractivity contribution in [2.24, 2.45) is 0 Å². The average Bonchev–Trinajstić information content (AvgIpc) is 3.37. The highest BCUT2D eigenvalue weighted by molar-refractivity contribution is 5.70. The summed E-state index contributed by atoms with van der Waals surface area (Å²) < 4.78 is 10.7. The zero-order valence-electron chi connectivity index (χ0n) is 47.5. The molecule has 0 radical (unpaired) electrons. The monoisotopic (exact) mass is 993 g/mol. The first-order valence-corrected chi connectivity index (χ1v) is 31.3. The quantitative estimate of drug-likeness (QED) is 0.0373. The van der Waals surface area contributed by atoms with Gasteiger partial charge in [0.2, 0.25) is 0 Å². The molecule has 0 aliphatic carbocycles. The standard InChI is InChI=1S/C66H120O5/c1-3-5-7-9-11-13-15-17-19-21-22-23-24-25-26-27-28-29-30-31-32-33-34-35-36-37-38-39-40-41-42-43-45-46-48-50-52-54-56-58-60-65(68)70-63-64(62-67)71-66(69)61-59-57-55-53-51-49-47-44-20-18-16-14-12-10-8-6-4-2/h6,8,12,14,18,20,47,49,53,55,64,67H,3-5,7,9-11,13,15-17,19,21-46,48,50-52,54,56-63H2,1-2H3/b8-6-,14-12-,20-18-,49-47-,55-53-. The van der Waals surface area contributed by atoms with Crippen molar-refractivity contribution in [3.8, 4) is 0 Å². The van der Waals surface area contributed by atoms with Crippen molar-refractivity contribution in [2.75, 3.05) is 13.2 Å². The minimum Gasteiger partial charge on any atom is -0.462 e. The summed E-state index contributed by atoms with van der Waals surface area (Å²) in [5.41, 5.74) is 0. The number of rotatable bonds is 58. The van der Waals surface area contributed by atoms with Gasteiger partial charge in [0.1, 0.15) is 6.61 Å². The highest BCUT2D eigenvalue weighted by Crippen LogP contribution is 2.18. The number of aliphatic hydroxyl groups is 1. The summed E-state index contributed by atoms with van der Waals surface area (Å²) >= 11 is 0. The molecule has 0 bridgehead atoms. The molecule has 0 saturated carbocycles. The van der Waals surface area contributed by atoms with Crippen LogP contribution in [0.3, 0.4) is 0 Å². The average molecular weight is 994 g/mol. The molecular weight excluding hydrogens is 873 g/mol.